The highest BCUT2D eigenvalue weighted by Gasteiger charge is 2.28. The van der Waals surface area contributed by atoms with Gasteiger partial charge in [-0.2, -0.15) is 0 Å². The molecule has 0 aliphatic rings. The third-order valence-electron chi connectivity index (χ3n) is 5.81. The summed E-state index contributed by atoms with van der Waals surface area (Å²) in [5.41, 5.74) is 10.8. The van der Waals surface area contributed by atoms with Gasteiger partial charge in [-0.05, 0) is 62.8 Å². The second-order valence-electron chi connectivity index (χ2n) is 9.94. The van der Waals surface area contributed by atoms with Crippen LogP contribution in [0.15, 0.2) is 33.5 Å². The van der Waals surface area contributed by atoms with E-state index in [-0.39, 0.29) is 29.2 Å². The quantitative estimate of drug-likeness (QED) is 0.0969. The summed E-state index contributed by atoms with van der Waals surface area (Å²) in [6, 6.07) is 2.67. The lowest BCUT2D eigenvalue weighted by Crippen LogP contribution is -2.55. The second-order valence-corrected chi connectivity index (χ2v) is 11.6. The lowest BCUT2D eigenvalue weighted by molar-refractivity contribution is -0.131. The summed E-state index contributed by atoms with van der Waals surface area (Å²) in [7, 11) is -4.45. The van der Waals surface area contributed by atoms with Crippen molar-refractivity contribution in [2.45, 2.75) is 70.7 Å². The number of anilines is 1. The smallest absolute Gasteiger partial charge is 0.336 e. The van der Waals surface area contributed by atoms with Crippen LogP contribution in [0.3, 0.4) is 0 Å². The minimum absolute atomic E-state index is 0.0306. The highest BCUT2D eigenvalue weighted by Crippen LogP contribution is 2.40. The summed E-state index contributed by atoms with van der Waals surface area (Å²) in [5, 5.41) is 8.34. The molecule has 0 spiro atoms. The van der Waals surface area contributed by atoms with Crippen LogP contribution in [-0.4, -0.2) is 52.2 Å². The zero-order valence-corrected chi connectivity index (χ0v) is 23.2. The van der Waals surface area contributed by atoms with Gasteiger partial charge in [-0.15, -0.1) is 0 Å². The average molecular weight is 568 g/mol. The van der Waals surface area contributed by atoms with Crippen molar-refractivity contribution in [3.63, 3.8) is 0 Å². The van der Waals surface area contributed by atoms with Gasteiger partial charge >= 0.3 is 13.2 Å². The van der Waals surface area contributed by atoms with Crippen LogP contribution in [0.4, 0.5) is 5.69 Å². The molecule has 0 aliphatic heterocycles. The van der Waals surface area contributed by atoms with E-state index >= 15 is 0 Å². The zero-order chi connectivity index (χ0) is 29.3. The van der Waals surface area contributed by atoms with E-state index < -0.39 is 55.2 Å². The maximum absolute atomic E-state index is 13.2. The Kier molecular flexibility index (Phi) is 11.8. The minimum atomic E-state index is -4.45. The van der Waals surface area contributed by atoms with Gasteiger partial charge in [0.05, 0.1) is 12.2 Å². The van der Waals surface area contributed by atoms with Crippen molar-refractivity contribution in [1.82, 2.24) is 10.6 Å². The second kappa shape index (κ2) is 14.3. The van der Waals surface area contributed by atoms with Gasteiger partial charge in [-0.25, -0.2) is 4.79 Å². The fourth-order valence-electron chi connectivity index (χ4n) is 3.93. The molecule has 1 aromatic heterocycles. The topological polar surface area (TPSA) is 227 Å². The van der Waals surface area contributed by atoms with Crippen LogP contribution in [0, 0.1) is 5.92 Å². The third kappa shape index (κ3) is 10.5. The fourth-order valence-corrected chi connectivity index (χ4v) is 4.64. The Balaban J connectivity index is 2.28. The molecular weight excluding hydrogens is 529 g/mol. The Hall–Kier alpha value is -3.09. The molecule has 14 heteroatoms. The minimum Gasteiger partial charge on any atom is -0.423 e. The molecule has 0 fully saturated rings. The predicted octanol–water partition coefficient (Wildman–Crippen LogP) is 0.901. The molecule has 3 amide bonds. The highest BCUT2D eigenvalue weighted by atomic mass is 31.2. The fraction of sp³-hybridized carbons (Fsp3) is 0.520. The summed E-state index contributed by atoms with van der Waals surface area (Å²) >= 11 is 0. The Bertz CT molecular complexity index is 1270. The number of unbranched alkanes of at least 4 members (excludes halogenated alkanes) is 1. The van der Waals surface area contributed by atoms with Crippen molar-refractivity contribution in [3.05, 3.63) is 40.2 Å². The molecule has 13 nitrogen and oxygen atoms in total. The van der Waals surface area contributed by atoms with Crippen molar-refractivity contribution < 1.29 is 33.2 Å². The van der Waals surface area contributed by atoms with Gasteiger partial charge in [0.25, 0.3) is 0 Å². The van der Waals surface area contributed by atoms with Crippen LogP contribution in [0.1, 0.15) is 52.0 Å². The Labute approximate surface area is 226 Å². The highest BCUT2D eigenvalue weighted by molar-refractivity contribution is 7.50. The van der Waals surface area contributed by atoms with Crippen LogP contribution >= 0.6 is 7.60 Å². The molecule has 2 rings (SSSR count). The van der Waals surface area contributed by atoms with E-state index in [0.29, 0.717) is 31.2 Å². The molecule has 1 aromatic carbocycles. The molecule has 3 atom stereocenters. The zero-order valence-electron chi connectivity index (χ0n) is 22.3. The van der Waals surface area contributed by atoms with E-state index in [4.69, 9.17) is 15.9 Å². The molecule has 9 N–H and O–H groups in total. The van der Waals surface area contributed by atoms with E-state index in [1.54, 1.807) is 0 Å². The largest absolute Gasteiger partial charge is 0.423 e. The monoisotopic (exact) mass is 567 g/mol. The predicted molar refractivity (Wildman–Crippen MR) is 147 cm³/mol. The maximum atomic E-state index is 13.2. The number of fused-ring (bicyclic) bond motifs is 1. The first-order chi connectivity index (χ1) is 18.2. The van der Waals surface area contributed by atoms with Crippen LogP contribution in [0.25, 0.3) is 11.0 Å². The lowest BCUT2D eigenvalue weighted by Gasteiger charge is -2.25. The third-order valence-corrected chi connectivity index (χ3v) is 6.56. The van der Waals surface area contributed by atoms with E-state index in [2.05, 4.69) is 16.0 Å². The summed E-state index contributed by atoms with van der Waals surface area (Å²) < 4.78 is 16.6. The van der Waals surface area contributed by atoms with Gasteiger partial charge < -0.3 is 41.6 Å². The number of nitrogens with one attached hydrogen (secondary N) is 3. The number of carbonyl (C=O) groups excluding carboxylic acids is 3. The standard InChI is InChI=1S/C25H38N5O8P/c1-14(2)10-20(30-23(32)15(3)27)25(34)29-19(6-4-5-9-26)24(33)28-17-7-8-18-16(13-39(35,36)37)11-22(31)38-21(18)12-17/h7-8,11-12,14-15,19-20H,4-6,9-10,13,26-27H2,1-3H3,(H,28,33)(H,29,34)(H,30,32)(H2,35,36,37)/t15-,19+,20+/m1/s1. The molecule has 2 aromatic rings. The maximum Gasteiger partial charge on any atom is 0.336 e. The van der Waals surface area contributed by atoms with Gasteiger partial charge in [-0.3, -0.25) is 18.9 Å². The Morgan fingerprint density at radius 2 is 1.67 bits per heavy atom. The summed E-state index contributed by atoms with van der Waals surface area (Å²) in [6.07, 6.45) is 1.14. The molecule has 0 saturated carbocycles. The first kappa shape index (κ1) is 32.1. The van der Waals surface area contributed by atoms with Crippen molar-refractivity contribution in [3.8, 4) is 0 Å². The number of carbonyl (C=O) groups is 3. The van der Waals surface area contributed by atoms with Crippen LogP contribution in [0.5, 0.6) is 0 Å². The molecule has 0 aliphatic carbocycles. The SMILES string of the molecule is CC(C)C[C@H](NC(=O)[C@@H](C)N)C(=O)N[C@@H](CCCCN)C(=O)Nc1ccc2c(CP(=O)(O)O)cc(=O)oc2c1. The molecule has 39 heavy (non-hydrogen) atoms. The van der Waals surface area contributed by atoms with Gasteiger partial charge in [0.15, 0.2) is 0 Å². The molecule has 0 radical (unpaired) electrons. The van der Waals surface area contributed by atoms with E-state index in [1.807, 2.05) is 13.8 Å². The number of rotatable bonds is 14. The number of amides is 3. The summed E-state index contributed by atoms with van der Waals surface area (Å²) in [5.74, 6) is -1.50. The molecule has 0 bridgehead atoms. The number of benzene rings is 1. The number of hydrogen-bond acceptors (Lipinski definition) is 8. The van der Waals surface area contributed by atoms with Crippen molar-refractivity contribution in [2.75, 3.05) is 11.9 Å². The number of hydrogen-bond donors (Lipinski definition) is 7. The van der Waals surface area contributed by atoms with E-state index in [9.17, 15) is 33.5 Å². The van der Waals surface area contributed by atoms with Crippen molar-refractivity contribution in [2.24, 2.45) is 17.4 Å². The normalized spacial score (nSPS) is 14.1. The molecule has 0 unspecified atom stereocenters. The molecular formula is C25H38N5O8P. The first-order valence-corrected chi connectivity index (χ1v) is 14.5. The molecule has 1 heterocycles. The van der Waals surface area contributed by atoms with Gasteiger partial charge in [0, 0.05) is 23.2 Å². The van der Waals surface area contributed by atoms with E-state index in [0.717, 1.165) is 6.07 Å². The Morgan fingerprint density at radius 1 is 1.00 bits per heavy atom. The van der Waals surface area contributed by atoms with Gasteiger partial charge in [0.2, 0.25) is 17.7 Å². The molecule has 216 valence electrons. The Morgan fingerprint density at radius 3 is 2.26 bits per heavy atom. The van der Waals surface area contributed by atoms with Gasteiger partial charge in [0.1, 0.15) is 17.7 Å². The summed E-state index contributed by atoms with van der Waals surface area (Å²) in [6.45, 7) is 5.70. The van der Waals surface area contributed by atoms with Crippen molar-refractivity contribution >= 4 is 42.0 Å². The van der Waals surface area contributed by atoms with E-state index in [1.165, 1.54) is 25.1 Å². The number of nitrogens with two attached hydrogens (primary N) is 2. The first-order valence-electron chi connectivity index (χ1n) is 12.7. The van der Waals surface area contributed by atoms with Crippen LogP contribution < -0.4 is 33.0 Å². The lowest BCUT2D eigenvalue weighted by atomic mass is 10.0. The molecule has 0 saturated heterocycles. The summed E-state index contributed by atoms with van der Waals surface area (Å²) in [4.78, 5) is 69.1. The average Bonchev–Trinajstić information content (AvgIpc) is 2.81. The van der Waals surface area contributed by atoms with Crippen molar-refractivity contribution in [1.29, 1.82) is 0 Å². The van der Waals surface area contributed by atoms with Gasteiger partial charge in [-0.1, -0.05) is 13.8 Å². The van der Waals surface area contributed by atoms with Crippen LogP contribution in [-0.2, 0) is 25.1 Å². The van der Waals surface area contributed by atoms with Crippen LogP contribution in [0.2, 0.25) is 0 Å².